The van der Waals surface area contributed by atoms with Crippen LogP contribution in [0.2, 0.25) is 0 Å². The minimum atomic E-state index is -0.805. The summed E-state index contributed by atoms with van der Waals surface area (Å²) in [5.41, 5.74) is 2.16. The van der Waals surface area contributed by atoms with Crippen LogP contribution in [0.4, 0.5) is 5.69 Å². The SMILES string of the molecule is O=C(O)[C@H]1[C@@H]2C=C[C@@H]([C@H]3C[C@H]23)[C@H]1C(=O)N1CCc2ccccc21. The number of para-hydroxylation sites is 1. The monoisotopic (exact) mass is 309 g/mol. The second-order valence-electron chi connectivity index (χ2n) is 7.36. The van der Waals surface area contributed by atoms with Crippen LogP contribution in [-0.4, -0.2) is 23.5 Å². The molecule has 2 fully saturated rings. The maximum atomic E-state index is 13.3. The van der Waals surface area contributed by atoms with Gasteiger partial charge in [0, 0.05) is 12.2 Å². The molecule has 1 N–H and O–H groups in total. The summed E-state index contributed by atoms with van der Waals surface area (Å²) in [6, 6.07) is 7.98. The van der Waals surface area contributed by atoms with Crippen LogP contribution in [0.1, 0.15) is 12.0 Å². The number of carbonyl (C=O) groups excluding carboxylic acids is 1. The maximum Gasteiger partial charge on any atom is 0.307 e. The number of fused-ring (bicyclic) bond motifs is 2. The molecule has 0 radical (unpaired) electrons. The Morgan fingerprint density at radius 3 is 2.48 bits per heavy atom. The molecule has 2 bridgehead atoms. The van der Waals surface area contributed by atoms with Crippen LogP contribution in [0.3, 0.4) is 0 Å². The van der Waals surface area contributed by atoms with E-state index >= 15 is 0 Å². The maximum absolute atomic E-state index is 13.3. The lowest BCUT2D eigenvalue weighted by Crippen LogP contribution is -2.51. The molecule has 4 heteroatoms. The lowest BCUT2D eigenvalue weighted by molar-refractivity contribution is -0.152. The third-order valence-corrected chi connectivity index (χ3v) is 6.38. The van der Waals surface area contributed by atoms with Crippen molar-refractivity contribution in [2.75, 3.05) is 11.4 Å². The van der Waals surface area contributed by atoms with E-state index in [1.54, 1.807) is 0 Å². The van der Waals surface area contributed by atoms with E-state index in [2.05, 4.69) is 18.2 Å². The van der Waals surface area contributed by atoms with Crippen LogP contribution < -0.4 is 4.90 Å². The summed E-state index contributed by atoms with van der Waals surface area (Å²) in [5, 5.41) is 9.75. The van der Waals surface area contributed by atoms with Gasteiger partial charge in [-0.05, 0) is 48.1 Å². The zero-order valence-electron chi connectivity index (χ0n) is 12.8. The molecule has 4 nitrogen and oxygen atoms in total. The largest absolute Gasteiger partial charge is 0.481 e. The van der Waals surface area contributed by atoms with Crippen molar-refractivity contribution in [2.24, 2.45) is 35.5 Å². The number of amides is 1. The van der Waals surface area contributed by atoms with Crippen LogP contribution >= 0.6 is 0 Å². The second kappa shape index (κ2) is 4.47. The molecule has 0 spiro atoms. The Bertz CT molecular complexity index is 740. The smallest absolute Gasteiger partial charge is 0.307 e. The molecule has 6 rings (SSSR count). The van der Waals surface area contributed by atoms with E-state index in [1.807, 2.05) is 23.1 Å². The van der Waals surface area contributed by atoms with Gasteiger partial charge in [-0.1, -0.05) is 30.4 Å². The number of carboxylic acids is 1. The second-order valence-corrected chi connectivity index (χ2v) is 7.36. The van der Waals surface area contributed by atoms with Gasteiger partial charge in [0.15, 0.2) is 0 Å². The van der Waals surface area contributed by atoms with Crippen LogP contribution in [0.15, 0.2) is 36.4 Å². The number of carbonyl (C=O) groups is 2. The van der Waals surface area contributed by atoms with Gasteiger partial charge in [0.1, 0.15) is 0 Å². The van der Waals surface area contributed by atoms with Gasteiger partial charge in [-0.3, -0.25) is 9.59 Å². The zero-order chi connectivity index (χ0) is 15.7. The van der Waals surface area contributed by atoms with Gasteiger partial charge in [0.25, 0.3) is 0 Å². The first-order valence-corrected chi connectivity index (χ1v) is 8.47. The van der Waals surface area contributed by atoms with Gasteiger partial charge in [-0.25, -0.2) is 0 Å². The fourth-order valence-electron chi connectivity index (χ4n) is 5.30. The molecule has 1 aromatic rings. The molecule has 4 aliphatic carbocycles. The standard InChI is InChI=1S/C19H19NO3/c21-18(20-8-7-10-3-1-2-4-15(10)20)16-11-5-6-12(14-9-13(11)14)17(16)19(22)23/h1-6,11-14,16-17H,7-9H2,(H,22,23)/t11-,12+,13+,14+,16+,17-/m0/s1. The average Bonchev–Trinajstić information content (AvgIpc) is 3.28. The number of aliphatic carboxylic acids is 1. The third-order valence-electron chi connectivity index (χ3n) is 6.38. The quantitative estimate of drug-likeness (QED) is 0.853. The van der Waals surface area contributed by atoms with E-state index < -0.39 is 17.8 Å². The Labute approximate surface area is 134 Å². The molecule has 1 aromatic carbocycles. The molecule has 6 atom stereocenters. The van der Waals surface area contributed by atoms with Gasteiger partial charge in [-0.2, -0.15) is 0 Å². The number of carboxylic acid groups (broad SMARTS) is 1. The van der Waals surface area contributed by atoms with Crippen molar-refractivity contribution in [3.05, 3.63) is 42.0 Å². The molecule has 23 heavy (non-hydrogen) atoms. The third kappa shape index (κ3) is 1.72. The van der Waals surface area contributed by atoms with Crippen LogP contribution in [0.5, 0.6) is 0 Å². The Hall–Kier alpha value is -2.10. The number of benzene rings is 1. The van der Waals surface area contributed by atoms with Crippen LogP contribution in [-0.2, 0) is 16.0 Å². The fourth-order valence-corrected chi connectivity index (χ4v) is 5.30. The van der Waals surface area contributed by atoms with Crippen LogP contribution in [0.25, 0.3) is 0 Å². The molecule has 0 aromatic heterocycles. The number of anilines is 1. The highest BCUT2D eigenvalue weighted by atomic mass is 16.4. The summed E-state index contributed by atoms with van der Waals surface area (Å²) in [6.45, 7) is 0.677. The lowest BCUT2D eigenvalue weighted by Gasteiger charge is -2.43. The summed E-state index contributed by atoms with van der Waals surface area (Å²) in [6.07, 6.45) is 6.15. The van der Waals surface area contributed by atoms with Gasteiger partial charge in [-0.15, -0.1) is 0 Å². The minimum Gasteiger partial charge on any atom is -0.481 e. The molecule has 0 unspecified atom stereocenters. The first-order valence-electron chi connectivity index (χ1n) is 8.47. The minimum absolute atomic E-state index is 0.0204. The van der Waals surface area contributed by atoms with Crippen molar-refractivity contribution in [3.63, 3.8) is 0 Å². The molecular weight excluding hydrogens is 290 g/mol. The highest BCUT2D eigenvalue weighted by molar-refractivity contribution is 5.99. The molecule has 118 valence electrons. The molecule has 0 saturated heterocycles. The van der Waals surface area contributed by atoms with Crippen molar-refractivity contribution < 1.29 is 14.7 Å². The van der Waals surface area contributed by atoms with Crippen molar-refractivity contribution >= 4 is 17.6 Å². The van der Waals surface area contributed by atoms with Gasteiger partial charge in [0.05, 0.1) is 11.8 Å². The number of hydrogen-bond acceptors (Lipinski definition) is 2. The van der Waals surface area contributed by atoms with E-state index in [4.69, 9.17) is 0 Å². The number of rotatable bonds is 2. The molecule has 5 aliphatic rings. The van der Waals surface area contributed by atoms with Gasteiger partial charge >= 0.3 is 5.97 Å². The number of nitrogens with zero attached hydrogens (tertiary/aromatic N) is 1. The predicted octanol–water partition coefficient (Wildman–Crippen LogP) is 2.34. The summed E-state index contributed by atoms with van der Waals surface area (Å²) >= 11 is 0. The van der Waals surface area contributed by atoms with E-state index in [1.165, 1.54) is 5.56 Å². The highest BCUT2D eigenvalue weighted by Crippen LogP contribution is 2.64. The van der Waals surface area contributed by atoms with E-state index in [0.717, 1.165) is 18.5 Å². The van der Waals surface area contributed by atoms with Gasteiger partial charge in [0.2, 0.25) is 5.91 Å². The first-order chi connectivity index (χ1) is 11.2. The zero-order valence-corrected chi connectivity index (χ0v) is 12.8. The number of allylic oxidation sites excluding steroid dienone is 2. The Balaban J connectivity index is 1.52. The Morgan fingerprint density at radius 1 is 1.04 bits per heavy atom. The molecule has 1 heterocycles. The summed E-state index contributed by atoms with van der Waals surface area (Å²) in [7, 11) is 0. The highest BCUT2D eigenvalue weighted by Gasteiger charge is 2.63. The average molecular weight is 309 g/mol. The summed E-state index contributed by atoms with van der Waals surface area (Å²) in [5.74, 6) is -0.520. The predicted molar refractivity (Wildman–Crippen MR) is 84.8 cm³/mol. The summed E-state index contributed by atoms with van der Waals surface area (Å²) < 4.78 is 0. The summed E-state index contributed by atoms with van der Waals surface area (Å²) in [4.78, 5) is 27.0. The Morgan fingerprint density at radius 2 is 1.74 bits per heavy atom. The Kier molecular flexibility index (Phi) is 2.59. The first kappa shape index (κ1) is 13.3. The van der Waals surface area contributed by atoms with E-state index in [0.29, 0.717) is 18.4 Å². The van der Waals surface area contributed by atoms with E-state index in [-0.39, 0.29) is 17.7 Å². The van der Waals surface area contributed by atoms with Crippen molar-refractivity contribution in [1.29, 1.82) is 0 Å². The molecular formula is C19H19NO3. The molecule has 1 aliphatic heterocycles. The molecule has 1 amide bonds. The normalized spacial score (nSPS) is 39.0. The van der Waals surface area contributed by atoms with Crippen molar-refractivity contribution in [2.45, 2.75) is 12.8 Å². The van der Waals surface area contributed by atoms with Crippen molar-refractivity contribution in [3.8, 4) is 0 Å². The topological polar surface area (TPSA) is 57.6 Å². The fraction of sp³-hybridized carbons (Fsp3) is 0.474. The van der Waals surface area contributed by atoms with Gasteiger partial charge < -0.3 is 10.0 Å². The van der Waals surface area contributed by atoms with Crippen LogP contribution in [0, 0.1) is 35.5 Å². The van der Waals surface area contributed by atoms with E-state index in [9.17, 15) is 14.7 Å². The molecule has 2 saturated carbocycles. The number of hydrogen-bond donors (Lipinski definition) is 1. The van der Waals surface area contributed by atoms with Crippen molar-refractivity contribution in [1.82, 2.24) is 0 Å². The lowest BCUT2D eigenvalue weighted by atomic mass is 9.62.